The number of carbonyl (C=O) groups is 1. The Labute approximate surface area is 194 Å². The van der Waals surface area contributed by atoms with E-state index in [1.807, 2.05) is 36.4 Å². The van der Waals surface area contributed by atoms with Crippen molar-refractivity contribution < 1.29 is 4.79 Å². The summed E-state index contributed by atoms with van der Waals surface area (Å²) < 4.78 is 0. The maximum atomic E-state index is 12.4. The second kappa shape index (κ2) is 10.6. The average molecular weight is 447 g/mol. The fourth-order valence-electron chi connectivity index (χ4n) is 3.69. The van der Waals surface area contributed by atoms with Gasteiger partial charge in [-0.2, -0.15) is 0 Å². The van der Waals surface area contributed by atoms with Crippen LogP contribution in [-0.2, 0) is 5.75 Å². The lowest BCUT2D eigenvalue weighted by Gasteiger charge is -2.18. The molecule has 5 nitrogen and oxygen atoms in total. The molecule has 0 unspecified atom stereocenters. The highest BCUT2D eigenvalue weighted by Crippen LogP contribution is 2.29. The Morgan fingerprint density at radius 2 is 1.81 bits per heavy atom. The molecule has 0 saturated carbocycles. The third-order valence-electron chi connectivity index (χ3n) is 5.42. The predicted octanol–water partition coefficient (Wildman–Crippen LogP) is 5.42. The minimum Gasteiger partial charge on any atom is -0.356 e. The van der Waals surface area contributed by atoms with Crippen molar-refractivity contribution in [3.05, 3.63) is 71.8 Å². The highest BCUT2D eigenvalue weighted by Gasteiger charge is 2.17. The van der Waals surface area contributed by atoms with E-state index in [-0.39, 0.29) is 5.91 Å². The summed E-state index contributed by atoms with van der Waals surface area (Å²) in [6.07, 6.45) is 2.41. The summed E-state index contributed by atoms with van der Waals surface area (Å²) in [7, 11) is 0. The molecular weight excluding hydrogens is 416 g/mol. The maximum absolute atomic E-state index is 12.4. The van der Waals surface area contributed by atoms with Crippen LogP contribution in [-0.4, -0.2) is 35.5 Å². The molecule has 0 atom stereocenters. The first kappa shape index (κ1) is 22.3. The van der Waals surface area contributed by atoms with Crippen LogP contribution >= 0.6 is 11.8 Å². The Balaban J connectivity index is 1.52. The molecule has 166 valence electrons. The first-order valence-electron chi connectivity index (χ1n) is 11.3. The first-order valence-corrected chi connectivity index (χ1v) is 12.3. The van der Waals surface area contributed by atoms with Crippen molar-refractivity contribution in [2.75, 3.05) is 24.5 Å². The van der Waals surface area contributed by atoms with Crippen molar-refractivity contribution >= 4 is 23.5 Å². The average Bonchev–Trinajstić information content (AvgIpc) is 3.37. The normalized spacial score (nSPS) is 13.5. The lowest BCUT2D eigenvalue weighted by Crippen LogP contribution is -2.27. The van der Waals surface area contributed by atoms with Gasteiger partial charge in [0.25, 0.3) is 5.91 Å². The summed E-state index contributed by atoms with van der Waals surface area (Å²) in [5, 5.41) is 3.75. The highest BCUT2D eigenvalue weighted by molar-refractivity contribution is 7.98. The number of rotatable bonds is 8. The zero-order valence-electron chi connectivity index (χ0n) is 18.8. The molecule has 32 heavy (non-hydrogen) atoms. The first-order chi connectivity index (χ1) is 15.6. The van der Waals surface area contributed by atoms with Crippen LogP contribution in [0.1, 0.15) is 42.6 Å². The monoisotopic (exact) mass is 446 g/mol. The number of benzene rings is 2. The van der Waals surface area contributed by atoms with Gasteiger partial charge in [-0.05, 0) is 36.5 Å². The van der Waals surface area contributed by atoms with Gasteiger partial charge in [-0.1, -0.05) is 68.1 Å². The predicted molar refractivity (Wildman–Crippen MR) is 132 cm³/mol. The van der Waals surface area contributed by atoms with Crippen LogP contribution < -0.4 is 10.2 Å². The number of thioether (sulfide) groups is 1. The number of aromatic nitrogens is 2. The summed E-state index contributed by atoms with van der Waals surface area (Å²) in [5.41, 5.74) is 3.83. The van der Waals surface area contributed by atoms with Crippen molar-refractivity contribution in [3.63, 3.8) is 0 Å². The molecule has 1 aliphatic rings. The van der Waals surface area contributed by atoms with Gasteiger partial charge < -0.3 is 10.2 Å². The number of nitrogens with one attached hydrogen (secondary N) is 1. The fourth-order valence-corrected chi connectivity index (χ4v) is 4.49. The van der Waals surface area contributed by atoms with Gasteiger partial charge in [-0.3, -0.25) is 4.79 Å². The molecule has 1 aromatic heterocycles. The molecule has 2 aromatic carbocycles. The van der Waals surface area contributed by atoms with Gasteiger partial charge in [0.2, 0.25) is 0 Å². The Kier molecular flexibility index (Phi) is 7.43. The molecule has 1 fully saturated rings. The molecule has 1 aliphatic heterocycles. The molecule has 1 N–H and O–H groups in total. The molecule has 1 saturated heterocycles. The molecule has 0 bridgehead atoms. The largest absolute Gasteiger partial charge is 0.356 e. The second-order valence-electron chi connectivity index (χ2n) is 8.55. The third-order valence-corrected chi connectivity index (χ3v) is 6.34. The summed E-state index contributed by atoms with van der Waals surface area (Å²) in [4.78, 5) is 24.5. The van der Waals surface area contributed by atoms with Crippen molar-refractivity contribution in [1.29, 1.82) is 0 Å². The number of nitrogens with zero attached hydrogens (tertiary/aromatic N) is 3. The van der Waals surface area contributed by atoms with E-state index in [9.17, 15) is 4.79 Å². The number of carbonyl (C=O) groups excluding carboxylic acids is 1. The van der Waals surface area contributed by atoms with Crippen LogP contribution in [0.25, 0.3) is 11.3 Å². The molecule has 1 amide bonds. The third kappa shape index (κ3) is 5.88. The van der Waals surface area contributed by atoms with Gasteiger partial charge >= 0.3 is 0 Å². The van der Waals surface area contributed by atoms with Gasteiger partial charge in [0.1, 0.15) is 5.82 Å². The minimum atomic E-state index is -0.0239. The van der Waals surface area contributed by atoms with E-state index in [0.717, 1.165) is 40.9 Å². The van der Waals surface area contributed by atoms with Crippen LogP contribution in [0.5, 0.6) is 0 Å². The van der Waals surface area contributed by atoms with Gasteiger partial charge in [0.15, 0.2) is 5.16 Å². The smallest absolute Gasteiger partial charge is 0.251 e. The summed E-state index contributed by atoms with van der Waals surface area (Å²) in [5.74, 6) is 2.12. The Morgan fingerprint density at radius 1 is 1.03 bits per heavy atom. The van der Waals surface area contributed by atoms with Crippen molar-refractivity contribution in [1.82, 2.24) is 15.3 Å². The maximum Gasteiger partial charge on any atom is 0.251 e. The van der Waals surface area contributed by atoms with Crippen molar-refractivity contribution in [2.24, 2.45) is 5.92 Å². The Hall–Kier alpha value is -2.86. The number of hydrogen-bond acceptors (Lipinski definition) is 5. The lowest BCUT2D eigenvalue weighted by atomic mass is 10.1. The van der Waals surface area contributed by atoms with E-state index >= 15 is 0 Å². The zero-order valence-corrected chi connectivity index (χ0v) is 19.6. The molecule has 0 spiro atoms. The number of anilines is 1. The molecular formula is C26H30N4OS. The molecule has 0 aliphatic carbocycles. The summed E-state index contributed by atoms with van der Waals surface area (Å²) >= 11 is 1.61. The summed E-state index contributed by atoms with van der Waals surface area (Å²) in [6, 6.07) is 20.2. The summed E-state index contributed by atoms with van der Waals surface area (Å²) in [6.45, 7) is 6.95. The van der Waals surface area contributed by atoms with E-state index in [1.54, 1.807) is 11.8 Å². The standard InChI is InChI=1S/C26H30N4OS/c1-19(2)17-27-25(31)22-12-8-9-20(15-22)18-32-26-28-23(21-10-4-3-5-11-21)16-24(29-26)30-13-6-7-14-30/h3-5,8-12,15-16,19H,6-7,13-14,17-18H2,1-2H3,(H,27,31). The minimum absolute atomic E-state index is 0.0239. The van der Waals surface area contributed by atoms with Crippen molar-refractivity contribution in [2.45, 2.75) is 37.6 Å². The van der Waals surface area contributed by atoms with E-state index in [1.165, 1.54) is 12.8 Å². The lowest BCUT2D eigenvalue weighted by molar-refractivity contribution is 0.0949. The SMILES string of the molecule is CC(C)CNC(=O)c1cccc(CSc2nc(-c3ccccc3)cc(N3CCCC3)n2)c1. The Morgan fingerprint density at radius 3 is 2.56 bits per heavy atom. The van der Waals surface area contributed by atoms with Crippen molar-refractivity contribution in [3.8, 4) is 11.3 Å². The van der Waals surface area contributed by atoms with Crippen LogP contribution in [0, 0.1) is 5.92 Å². The quantitative estimate of drug-likeness (QED) is 0.370. The molecule has 6 heteroatoms. The van der Waals surface area contributed by atoms with E-state index in [0.29, 0.717) is 23.8 Å². The van der Waals surface area contributed by atoms with Gasteiger partial charge in [-0.15, -0.1) is 0 Å². The van der Waals surface area contributed by atoms with Gasteiger partial charge in [0.05, 0.1) is 5.69 Å². The van der Waals surface area contributed by atoms with Crippen LogP contribution in [0.2, 0.25) is 0 Å². The van der Waals surface area contributed by atoms with E-state index < -0.39 is 0 Å². The molecule has 0 radical (unpaired) electrons. The zero-order chi connectivity index (χ0) is 22.3. The number of hydrogen-bond donors (Lipinski definition) is 1. The topological polar surface area (TPSA) is 58.1 Å². The van der Waals surface area contributed by atoms with Gasteiger partial charge in [0, 0.05) is 42.6 Å². The second-order valence-corrected chi connectivity index (χ2v) is 9.49. The molecule has 3 aromatic rings. The molecule has 4 rings (SSSR count). The fraction of sp³-hybridized carbons (Fsp3) is 0.346. The van der Waals surface area contributed by atoms with E-state index in [4.69, 9.17) is 9.97 Å². The Bertz CT molecular complexity index is 1050. The number of amides is 1. The highest BCUT2D eigenvalue weighted by atomic mass is 32.2. The molecule has 2 heterocycles. The van der Waals surface area contributed by atoms with Gasteiger partial charge in [-0.25, -0.2) is 9.97 Å². The van der Waals surface area contributed by atoms with Crippen LogP contribution in [0.3, 0.4) is 0 Å². The van der Waals surface area contributed by atoms with Crippen LogP contribution in [0.4, 0.5) is 5.82 Å². The van der Waals surface area contributed by atoms with Crippen LogP contribution in [0.15, 0.2) is 65.8 Å². The van der Waals surface area contributed by atoms with E-state index in [2.05, 4.69) is 48.3 Å².